The number of hydrogen-bond donors (Lipinski definition) is 5. The van der Waals surface area contributed by atoms with Crippen LogP contribution in [0.2, 0.25) is 0 Å². The van der Waals surface area contributed by atoms with E-state index in [1.807, 2.05) is 0 Å². The van der Waals surface area contributed by atoms with E-state index in [0.717, 1.165) is 21.3 Å². The maximum atomic E-state index is 12.9. The second-order valence-corrected chi connectivity index (χ2v) is 10.2. The van der Waals surface area contributed by atoms with Crippen LogP contribution in [-0.2, 0) is 30.5 Å². The molecule has 1 saturated heterocycles. The van der Waals surface area contributed by atoms with Crippen LogP contribution in [0.5, 0.6) is 5.75 Å². The van der Waals surface area contributed by atoms with E-state index in [9.17, 15) is 29.1 Å². The number of ether oxygens (including phenoxy) is 1. The standard InChI is InChI=1S/C21H21N7O9S2/c22-14(9-1-3-11(4-2-9)37-6-13(31)32)17(33)23-15-18(34)28-16(20(35)36)10(7-38-19(15)28)8-39-21-24-25-26-27(21)5-12(29)30/h1-4,14-15,19H,5-8,22H2,(H,23,33)(H,29,30)(H,31,32)(H,35,36)/t14?,15-,19-/m1/s1. The first-order valence-electron chi connectivity index (χ1n) is 11.1. The molecule has 18 heteroatoms. The molecule has 1 aromatic carbocycles. The van der Waals surface area contributed by atoms with Gasteiger partial charge in [-0.05, 0) is 33.7 Å². The zero-order valence-electron chi connectivity index (χ0n) is 19.8. The van der Waals surface area contributed by atoms with Gasteiger partial charge in [-0.1, -0.05) is 23.9 Å². The van der Waals surface area contributed by atoms with Crippen molar-refractivity contribution < 1.29 is 44.0 Å². The number of thioether (sulfide) groups is 2. The summed E-state index contributed by atoms with van der Waals surface area (Å²) in [6.45, 7) is -0.990. The molecule has 2 amide bonds. The van der Waals surface area contributed by atoms with Crippen LogP contribution in [0.4, 0.5) is 0 Å². The van der Waals surface area contributed by atoms with Gasteiger partial charge in [0, 0.05) is 11.5 Å². The van der Waals surface area contributed by atoms with Crippen molar-refractivity contribution in [2.75, 3.05) is 18.1 Å². The number of carboxylic acids is 3. The first-order chi connectivity index (χ1) is 18.6. The molecular formula is C21H21N7O9S2. The summed E-state index contributed by atoms with van der Waals surface area (Å²) in [4.78, 5) is 60.4. The number of hydrogen-bond acceptors (Lipinski definition) is 12. The highest BCUT2D eigenvalue weighted by Crippen LogP contribution is 2.41. The van der Waals surface area contributed by atoms with Crippen molar-refractivity contribution in [1.29, 1.82) is 0 Å². The molecule has 2 aliphatic heterocycles. The summed E-state index contributed by atoms with van der Waals surface area (Å²) in [7, 11) is 0. The fourth-order valence-electron chi connectivity index (χ4n) is 3.78. The monoisotopic (exact) mass is 579 g/mol. The molecule has 1 unspecified atom stereocenters. The molecule has 4 rings (SSSR count). The van der Waals surface area contributed by atoms with Crippen LogP contribution in [0.15, 0.2) is 40.7 Å². The van der Waals surface area contributed by atoms with E-state index < -0.39 is 60.3 Å². The number of tetrazole rings is 1. The summed E-state index contributed by atoms with van der Waals surface area (Å²) in [5.74, 6) is -4.26. The molecule has 0 aliphatic carbocycles. The van der Waals surface area contributed by atoms with E-state index in [0.29, 0.717) is 11.1 Å². The van der Waals surface area contributed by atoms with Gasteiger partial charge in [-0.2, -0.15) is 0 Å². The fourth-order valence-corrected chi connectivity index (χ4v) is 6.15. The number of aromatic nitrogens is 4. The minimum Gasteiger partial charge on any atom is -0.482 e. The third kappa shape index (κ3) is 6.13. The molecular weight excluding hydrogens is 558 g/mol. The minimum atomic E-state index is -1.32. The van der Waals surface area contributed by atoms with Crippen LogP contribution in [0.3, 0.4) is 0 Å². The van der Waals surface area contributed by atoms with Gasteiger partial charge >= 0.3 is 17.9 Å². The average molecular weight is 580 g/mol. The number of β-lactam (4-membered cyclic amide) rings is 1. The summed E-state index contributed by atoms with van der Waals surface area (Å²) >= 11 is 2.30. The Morgan fingerprint density at radius 1 is 1.18 bits per heavy atom. The van der Waals surface area contributed by atoms with Gasteiger partial charge in [0.1, 0.15) is 35.4 Å². The van der Waals surface area contributed by atoms with E-state index in [4.69, 9.17) is 20.7 Å². The number of carbonyl (C=O) groups excluding carboxylic acids is 2. The lowest BCUT2D eigenvalue weighted by atomic mass is 10.0. The van der Waals surface area contributed by atoms with Gasteiger partial charge < -0.3 is 31.1 Å². The molecule has 39 heavy (non-hydrogen) atoms. The molecule has 0 bridgehead atoms. The highest BCUT2D eigenvalue weighted by molar-refractivity contribution is 8.01. The zero-order valence-corrected chi connectivity index (χ0v) is 21.4. The van der Waals surface area contributed by atoms with E-state index >= 15 is 0 Å². The molecule has 0 radical (unpaired) electrons. The largest absolute Gasteiger partial charge is 0.482 e. The summed E-state index contributed by atoms with van der Waals surface area (Å²) in [6, 6.07) is 3.77. The Labute approximate surface area is 227 Å². The summed E-state index contributed by atoms with van der Waals surface area (Å²) in [6.07, 6.45) is 0. The van der Waals surface area contributed by atoms with Crippen LogP contribution in [0.25, 0.3) is 0 Å². The van der Waals surface area contributed by atoms with Crippen LogP contribution in [0, 0.1) is 0 Å². The first kappa shape index (κ1) is 27.9. The zero-order chi connectivity index (χ0) is 28.3. The lowest BCUT2D eigenvalue weighted by molar-refractivity contribution is -0.150. The Balaban J connectivity index is 1.40. The molecule has 6 N–H and O–H groups in total. The third-order valence-electron chi connectivity index (χ3n) is 5.59. The van der Waals surface area contributed by atoms with Crippen molar-refractivity contribution >= 4 is 53.2 Å². The van der Waals surface area contributed by atoms with Crippen molar-refractivity contribution in [3.05, 3.63) is 41.1 Å². The number of aliphatic carboxylic acids is 3. The number of fused-ring (bicyclic) bond motifs is 1. The summed E-state index contributed by atoms with van der Waals surface area (Å²) in [5.41, 5.74) is 6.64. The summed E-state index contributed by atoms with van der Waals surface area (Å²) < 4.78 is 6.10. The molecule has 3 heterocycles. The van der Waals surface area contributed by atoms with Gasteiger partial charge in [0.2, 0.25) is 11.1 Å². The van der Waals surface area contributed by atoms with Gasteiger partial charge in [-0.25, -0.2) is 14.3 Å². The van der Waals surface area contributed by atoms with E-state index in [1.165, 1.54) is 36.0 Å². The van der Waals surface area contributed by atoms with Crippen LogP contribution in [0.1, 0.15) is 11.6 Å². The highest BCUT2D eigenvalue weighted by Gasteiger charge is 2.54. The average Bonchev–Trinajstić information content (AvgIpc) is 3.34. The Bertz CT molecular complexity index is 1350. The van der Waals surface area contributed by atoms with Crippen molar-refractivity contribution in [3.8, 4) is 5.75 Å². The number of rotatable bonds is 12. The maximum Gasteiger partial charge on any atom is 0.352 e. The van der Waals surface area contributed by atoms with E-state index in [1.54, 1.807) is 0 Å². The van der Waals surface area contributed by atoms with Crippen molar-refractivity contribution in [3.63, 3.8) is 0 Å². The minimum absolute atomic E-state index is 0.0964. The van der Waals surface area contributed by atoms with Gasteiger partial charge in [0.25, 0.3) is 5.91 Å². The molecule has 2 aromatic rings. The number of nitrogens with two attached hydrogens (primary N) is 1. The third-order valence-corrected chi connectivity index (χ3v) is 7.97. The van der Waals surface area contributed by atoms with Crippen LogP contribution in [-0.4, -0.2) is 99.7 Å². The predicted molar refractivity (Wildman–Crippen MR) is 132 cm³/mol. The van der Waals surface area contributed by atoms with Gasteiger partial charge in [-0.3, -0.25) is 19.3 Å². The predicted octanol–water partition coefficient (Wildman–Crippen LogP) is -1.25. The molecule has 1 aromatic heterocycles. The second kappa shape index (κ2) is 11.7. The number of benzene rings is 1. The highest BCUT2D eigenvalue weighted by atomic mass is 32.2. The number of nitrogens with one attached hydrogen (secondary N) is 1. The number of nitrogens with zero attached hydrogens (tertiary/aromatic N) is 5. The molecule has 206 valence electrons. The Morgan fingerprint density at radius 2 is 1.90 bits per heavy atom. The lowest BCUT2D eigenvalue weighted by Gasteiger charge is -2.49. The molecule has 16 nitrogen and oxygen atoms in total. The Hall–Kier alpha value is -4.16. The molecule has 0 spiro atoms. The first-order valence-corrected chi connectivity index (χ1v) is 13.1. The van der Waals surface area contributed by atoms with Gasteiger partial charge in [-0.15, -0.1) is 16.9 Å². The fraction of sp³-hybridized carbons (Fsp3) is 0.333. The number of amides is 2. The second-order valence-electron chi connectivity index (χ2n) is 8.18. The number of carbonyl (C=O) groups is 5. The Morgan fingerprint density at radius 3 is 2.54 bits per heavy atom. The quantitative estimate of drug-likeness (QED) is 0.146. The normalized spacial score (nSPS) is 19.1. The van der Waals surface area contributed by atoms with Crippen molar-refractivity contribution in [2.24, 2.45) is 5.73 Å². The lowest BCUT2D eigenvalue weighted by Crippen LogP contribution is -2.71. The molecule has 0 saturated carbocycles. The number of carboxylic acid groups (broad SMARTS) is 3. The van der Waals surface area contributed by atoms with Gasteiger partial charge in [0.05, 0.1) is 0 Å². The maximum absolute atomic E-state index is 12.9. The SMILES string of the molecule is NC(C(=O)N[C@@H]1C(=O)N2C(C(=O)O)=C(CSc3nnnn3CC(=O)O)CS[C@H]12)c1ccc(OCC(=O)O)cc1. The molecule has 3 atom stereocenters. The van der Waals surface area contributed by atoms with Crippen molar-refractivity contribution in [1.82, 2.24) is 30.4 Å². The smallest absolute Gasteiger partial charge is 0.352 e. The van der Waals surface area contributed by atoms with Crippen LogP contribution < -0.4 is 15.8 Å². The summed E-state index contributed by atoms with van der Waals surface area (Å²) in [5, 5.41) is 40.3. The van der Waals surface area contributed by atoms with E-state index in [-0.39, 0.29) is 28.1 Å². The van der Waals surface area contributed by atoms with Gasteiger partial charge in [0.15, 0.2) is 6.61 Å². The van der Waals surface area contributed by atoms with E-state index in [2.05, 4.69) is 20.8 Å². The molecule has 2 aliphatic rings. The van der Waals surface area contributed by atoms with Crippen LogP contribution >= 0.6 is 23.5 Å². The Kier molecular flexibility index (Phi) is 8.36. The molecule has 1 fully saturated rings. The topological polar surface area (TPSA) is 240 Å². The van der Waals surface area contributed by atoms with Crippen molar-refractivity contribution in [2.45, 2.75) is 29.2 Å².